The molecule has 4 heteroatoms. The second kappa shape index (κ2) is 8.79. The van der Waals surface area contributed by atoms with Gasteiger partial charge in [-0.25, -0.2) is 0 Å². The highest BCUT2D eigenvalue weighted by atomic mass is 35.5. The first-order chi connectivity index (χ1) is 7.74. The van der Waals surface area contributed by atoms with Crippen molar-refractivity contribution in [2.24, 2.45) is 5.73 Å². The van der Waals surface area contributed by atoms with E-state index in [-0.39, 0.29) is 25.0 Å². The summed E-state index contributed by atoms with van der Waals surface area (Å²) in [6.07, 6.45) is 2.91. The summed E-state index contributed by atoms with van der Waals surface area (Å²) in [5.74, 6) is -0.365. The number of hydrogen-bond acceptors (Lipinski definition) is 3. The fourth-order valence-corrected chi connectivity index (χ4v) is 1.33. The highest BCUT2D eigenvalue weighted by molar-refractivity contribution is 5.85. The summed E-state index contributed by atoms with van der Waals surface area (Å²) in [7, 11) is 0. The van der Waals surface area contributed by atoms with Crippen LogP contribution in [0.15, 0.2) is 43.0 Å². The molecule has 0 spiro atoms. The summed E-state index contributed by atoms with van der Waals surface area (Å²) < 4.78 is 4.86. The first-order valence-electron chi connectivity index (χ1n) is 5.31. The molecule has 0 saturated heterocycles. The molecular formula is C13H18ClNO2. The molecule has 0 heterocycles. The normalized spacial score (nSPS) is 11.1. The van der Waals surface area contributed by atoms with Crippen molar-refractivity contribution >= 4 is 18.4 Å². The van der Waals surface area contributed by atoms with Crippen molar-refractivity contribution in [1.29, 1.82) is 0 Å². The van der Waals surface area contributed by atoms with Crippen LogP contribution < -0.4 is 5.73 Å². The van der Waals surface area contributed by atoms with Crippen molar-refractivity contribution < 1.29 is 9.53 Å². The van der Waals surface area contributed by atoms with Gasteiger partial charge < -0.3 is 10.5 Å². The molecule has 17 heavy (non-hydrogen) atoms. The molecular weight excluding hydrogens is 238 g/mol. The lowest BCUT2D eigenvalue weighted by Gasteiger charge is -2.10. The van der Waals surface area contributed by atoms with Gasteiger partial charge in [0, 0.05) is 0 Å². The number of ether oxygens (including phenoxy) is 1. The van der Waals surface area contributed by atoms with Gasteiger partial charge in [-0.3, -0.25) is 4.79 Å². The maximum atomic E-state index is 11.3. The lowest BCUT2D eigenvalue weighted by molar-refractivity contribution is -0.144. The molecule has 0 aliphatic heterocycles. The van der Waals surface area contributed by atoms with Crippen LogP contribution in [0.25, 0.3) is 0 Å². The van der Waals surface area contributed by atoms with E-state index in [1.165, 1.54) is 11.6 Å². The fourth-order valence-electron chi connectivity index (χ4n) is 1.33. The molecule has 1 rings (SSSR count). The lowest BCUT2D eigenvalue weighted by atomic mass is 10.1. The first-order valence-corrected chi connectivity index (χ1v) is 5.31. The molecule has 3 nitrogen and oxygen atoms in total. The van der Waals surface area contributed by atoms with Crippen molar-refractivity contribution in [2.75, 3.05) is 6.61 Å². The van der Waals surface area contributed by atoms with Gasteiger partial charge in [0.2, 0.25) is 0 Å². The van der Waals surface area contributed by atoms with E-state index in [1.54, 1.807) is 0 Å². The Morgan fingerprint density at radius 2 is 2.06 bits per heavy atom. The number of esters is 1. The molecule has 0 aliphatic carbocycles. The molecule has 0 amide bonds. The molecule has 0 fully saturated rings. The van der Waals surface area contributed by atoms with E-state index in [0.717, 1.165) is 6.42 Å². The van der Waals surface area contributed by atoms with Gasteiger partial charge in [0.05, 0.1) is 0 Å². The third-order valence-electron chi connectivity index (χ3n) is 2.23. The SMILES string of the molecule is C=CCOC(=O)[C@@H](N)CCc1ccccc1.Cl. The smallest absolute Gasteiger partial charge is 0.323 e. The zero-order valence-electron chi connectivity index (χ0n) is 9.67. The third-order valence-corrected chi connectivity index (χ3v) is 2.23. The Kier molecular flexibility index (Phi) is 8.11. The topological polar surface area (TPSA) is 52.3 Å². The predicted octanol–water partition coefficient (Wildman–Crippen LogP) is 2.10. The minimum absolute atomic E-state index is 0. The summed E-state index contributed by atoms with van der Waals surface area (Å²) >= 11 is 0. The van der Waals surface area contributed by atoms with E-state index in [1.807, 2.05) is 30.3 Å². The lowest BCUT2D eigenvalue weighted by Crippen LogP contribution is -2.32. The van der Waals surface area contributed by atoms with Gasteiger partial charge in [0.25, 0.3) is 0 Å². The first kappa shape index (κ1) is 15.7. The van der Waals surface area contributed by atoms with E-state index in [4.69, 9.17) is 10.5 Å². The highest BCUT2D eigenvalue weighted by Gasteiger charge is 2.13. The number of nitrogens with two attached hydrogens (primary N) is 1. The summed E-state index contributed by atoms with van der Waals surface area (Å²) in [6.45, 7) is 3.69. The number of carbonyl (C=O) groups is 1. The number of halogens is 1. The average molecular weight is 256 g/mol. The van der Waals surface area contributed by atoms with Crippen LogP contribution in [-0.2, 0) is 16.0 Å². The predicted molar refractivity (Wildman–Crippen MR) is 71.1 cm³/mol. The largest absolute Gasteiger partial charge is 0.460 e. The molecule has 94 valence electrons. The molecule has 0 aliphatic rings. The summed E-state index contributed by atoms with van der Waals surface area (Å²) in [6, 6.07) is 9.37. The number of benzene rings is 1. The summed E-state index contributed by atoms with van der Waals surface area (Å²) in [4.78, 5) is 11.3. The van der Waals surface area contributed by atoms with Gasteiger partial charge in [-0.15, -0.1) is 12.4 Å². The van der Waals surface area contributed by atoms with E-state index in [2.05, 4.69) is 6.58 Å². The molecule has 0 aromatic heterocycles. The van der Waals surface area contributed by atoms with E-state index >= 15 is 0 Å². The van der Waals surface area contributed by atoms with Crippen molar-refractivity contribution in [1.82, 2.24) is 0 Å². The minimum Gasteiger partial charge on any atom is -0.460 e. The van der Waals surface area contributed by atoms with Gasteiger partial charge >= 0.3 is 5.97 Å². The van der Waals surface area contributed by atoms with Gasteiger partial charge in [0.1, 0.15) is 12.6 Å². The third kappa shape index (κ3) is 6.09. The van der Waals surface area contributed by atoms with Gasteiger partial charge in [-0.1, -0.05) is 43.0 Å². The number of carbonyl (C=O) groups excluding carboxylic acids is 1. The van der Waals surface area contributed by atoms with Gasteiger partial charge in [-0.05, 0) is 18.4 Å². The van der Waals surface area contributed by atoms with Crippen LogP contribution in [0, 0.1) is 0 Å². The molecule has 0 radical (unpaired) electrons. The standard InChI is InChI=1S/C13H17NO2.ClH/c1-2-10-16-13(15)12(14)9-8-11-6-4-3-5-7-11;/h2-7,12H,1,8-10,14H2;1H/t12-;/m0./s1. The maximum Gasteiger partial charge on any atom is 0.323 e. The molecule has 1 aromatic carbocycles. The average Bonchev–Trinajstić information content (AvgIpc) is 2.34. The molecule has 0 saturated carbocycles. The Morgan fingerprint density at radius 1 is 1.41 bits per heavy atom. The molecule has 0 unspecified atom stereocenters. The highest BCUT2D eigenvalue weighted by Crippen LogP contribution is 2.04. The monoisotopic (exact) mass is 255 g/mol. The molecule has 1 atom stereocenters. The number of aryl methyl sites for hydroxylation is 1. The summed E-state index contributed by atoms with van der Waals surface area (Å²) in [5.41, 5.74) is 6.87. The van der Waals surface area contributed by atoms with Crippen LogP contribution in [0.4, 0.5) is 0 Å². The maximum absolute atomic E-state index is 11.3. The molecule has 1 aromatic rings. The fraction of sp³-hybridized carbons (Fsp3) is 0.308. The van der Waals surface area contributed by atoms with Gasteiger partial charge in [0.15, 0.2) is 0 Å². The van der Waals surface area contributed by atoms with Crippen LogP contribution in [0.2, 0.25) is 0 Å². The zero-order valence-corrected chi connectivity index (χ0v) is 10.5. The Hall–Kier alpha value is -1.32. The second-order valence-electron chi connectivity index (χ2n) is 3.55. The molecule has 2 N–H and O–H groups in total. The summed E-state index contributed by atoms with van der Waals surface area (Å²) in [5, 5.41) is 0. The Morgan fingerprint density at radius 3 is 2.65 bits per heavy atom. The Bertz CT molecular complexity index is 341. The van der Waals surface area contributed by atoms with Crippen molar-refractivity contribution in [3.63, 3.8) is 0 Å². The minimum atomic E-state index is -0.555. The van der Waals surface area contributed by atoms with Crippen LogP contribution in [0.5, 0.6) is 0 Å². The van der Waals surface area contributed by atoms with Crippen LogP contribution in [0.3, 0.4) is 0 Å². The van der Waals surface area contributed by atoms with Crippen LogP contribution in [-0.4, -0.2) is 18.6 Å². The number of rotatable bonds is 6. The quantitative estimate of drug-likeness (QED) is 0.626. The van der Waals surface area contributed by atoms with E-state index in [9.17, 15) is 4.79 Å². The van der Waals surface area contributed by atoms with E-state index < -0.39 is 6.04 Å². The Balaban J connectivity index is 0.00000256. The van der Waals surface area contributed by atoms with Crippen LogP contribution >= 0.6 is 12.4 Å². The number of hydrogen-bond donors (Lipinski definition) is 1. The zero-order chi connectivity index (χ0) is 11.8. The van der Waals surface area contributed by atoms with Crippen molar-refractivity contribution in [2.45, 2.75) is 18.9 Å². The van der Waals surface area contributed by atoms with Crippen molar-refractivity contribution in [3.05, 3.63) is 48.6 Å². The van der Waals surface area contributed by atoms with Crippen LogP contribution in [0.1, 0.15) is 12.0 Å². The second-order valence-corrected chi connectivity index (χ2v) is 3.55. The molecule has 0 bridgehead atoms. The van der Waals surface area contributed by atoms with E-state index in [0.29, 0.717) is 6.42 Å². The van der Waals surface area contributed by atoms with Crippen molar-refractivity contribution in [3.8, 4) is 0 Å². The van der Waals surface area contributed by atoms with Gasteiger partial charge in [-0.2, -0.15) is 0 Å². The Labute approximate surface area is 108 Å².